The third-order valence-electron chi connectivity index (χ3n) is 4.27. The number of allylic oxidation sites excluding steroid dienone is 5. The molecule has 1 aliphatic rings. The first kappa shape index (κ1) is 22.3. The van der Waals surface area contributed by atoms with Gasteiger partial charge in [0.1, 0.15) is 0 Å². The van der Waals surface area contributed by atoms with Gasteiger partial charge in [-0.3, -0.25) is 0 Å². The van der Waals surface area contributed by atoms with E-state index in [9.17, 15) is 0 Å². The molecule has 0 amide bonds. The molecule has 2 rings (SSSR count). The van der Waals surface area contributed by atoms with Crippen LogP contribution in [0.4, 0.5) is 0 Å². The summed E-state index contributed by atoms with van der Waals surface area (Å²) in [4.78, 5) is 0. The summed E-state index contributed by atoms with van der Waals surface area (Å²) in [7, 11) is -1.39. The van der Waals surface area contributed by atoms with Gasteiger partial charge in [-0.15, -0.1) is 17.4 Å². The SMILES string of the molecule is CC1=CC(C(C)(C)C)=C[C+](C)C1=C=c1c(Br)cc(=C=[C-][Si](C)(C)C)cc1Br. The summed E-state index contributed by atoms with van der Waals surface area (Å²) in [6.45, 7) is 17.9. The molecule has 0 fully saturated rings. The Bertz CT molecular complexity index is 969. The van der Waals surface area contributed by atoms with Crippen molar-refractivity contribution in [3.05, 3.63) is 72.0 Å². The van der Waals surface area contributed by atoms with Crippen LogP contribution in [-0.2, 0) is 0 Å². The Hall–Kier alpha value is -0.953. The van der Waals surface area contributed by atoms with Gasteiger partial charge < -0.3 is 5.73 Å². The monoisotopic (exact) mass is 502 g/mol. The van der Waals surface area contributed by atoms with E-state index in [2.05, 4.69) is 128 Å². The van der Waals surface area contributed by atoms with E-state index in [-0.39, 0.29) is 5.41 Å². The van der Waals surface area contributed by atoms with Gasteiger partial charge >= 0.3 is 0 Å². The molecule has 0 atom stereocenters. The summed E-state index contributed by atoms with van der Waals surface area (Å²) in [5.74, 6) is 1.25. The molecule has 0 saturated carbocycles. The third kappa shape index (κ3) is 6.01. The Morgan fingerprint density at radius 2 is 1.63 bits per heavy atom. The molecule has 0 N–H and O–H groups in total. The van der Waals surface area contributed by atoms with E-state index in [0.29, 0.717) is 0 Å². The Balaban J connectivity index is 2.69. The van der Waals surface area contributed by atoms with Crippen LogP contribution in [0.5, 0.6) is 0 Å². The number of hydrogen-bond acceptors (Lipinski definition) is 0. The van der Waals surface area contributed by atoms with Crippen LogP contribution < -0.4 is 10.4 Å². The highest BCUT2D eigenvalue weighted by molar-refractivity contribution is 9.11. The number of hydrogen-bond donors (Lipinski definition) is 0. The Labute approximate surface area is 182 Å². The van der Waals surface area contributed by atoms with Gasteiger partial charge in [-0.05, 0) is 42.7 Å². The van der Waals surface area contributed by atoms with Crippen LogP contribution in [0.15, 0.2) is 49.9 Å². The Morgan fingerprint density at radius 3 is 2.07 bits per heavy atom. The van der Waals surface area contributed by atoms with Crippen molar-refractivity contribution in [3.8, 4) is 0 Å². The van der Waals surface area contributed by atoms with Crippen molar-refractivity contribution in [2.24, 2.45) is 5.41 Å². The summed E-state index contributed by atoms with van der Waals surface area (Å²) >= 11 is 7.44. The number of benzene rings is 1. The van der Waals surface area contributed by atoms with Gasteiger partial charge in [0, 0.05) is 37.8 Å². The zero-order valence-corrected chi connectivity index (χ0v) is 21.7. The van der Waals surface area contributed by atoms with Crippen molar-refractivity contribution < 1.29 is 0 Å². The van der Waals surface area contributed by atoms with Crippen LogP contribution in [0, 0.1) is 17.0 Å². The predicted octanol–water partition coefficient (Wildman–Crippen LogP) is 6.66. The first-order valence-corrected chi connectivity index (χ1v) is 14.3. The van der Waals surface area contributed by atoms with E-state index in [4.69, 9.17) is 0 Å². The lowest BCUT2D eigenvalue weighted by Gasteiger charge is -2.21. The number of rotatable bonds is 1. The van der Waals surface area contributed by atoms with E-state index in [1.807, 2.05) is 0 Å². The minimum absolute atomic E-state index is 0.145. The lowest BCUT2D eigenvalue weighted by molar-refractivity contribution is 0.514. The molecule has 27 heavy (non-hydrogen) atoms. The van der Waals surface area contributed by atoms with E-state index in [1.54, 1.807) is 0 Å². The minimum atomic E-state index is -1.39. The molecular weight excluding hydrogens is 476 g/mol. The Morgan fingerprint density at radius 1 is 1.07 bits per heavy atom. The lowest BCUT2D eigenvalue weighted by Crippen LogP contribution is -2.17. The highest BCUT2D eigenvalue weighted by Crippen LogP contribution is 2.36. The van der Waals surface area contributed by atoms with Gasteiger partial charge in [0.25, 0.3) is 0 Å². The van der Waals surface area contributed by atoms with Crippen LogP contribution in [0.3, 0.4) is 0 Å². The van der Waals surface area contributed by atoms with Crippen molar-refractivity contribution in [1.29, 1.82) is 0 Å². The fraction of sp³-hybridized carbons (Fsp3) is 0.375. The van der Waals surface area contributed by atoms with Crippen LogP contribution >= 0.6 is 31.9 Å². The van der Waals surface area contributed by atoms with Gasteiger partial charge in [0.15, 0.2) is 5.57 Å². The van der Waals surface area contributed by atoms with Gasteiger partial charge in [-0.25, -0.2) is 5.70 Å². The smallest absolute Gasteiger partial charge is 0.153 e. The van der Waals surface area contributed by atoms with E-state index in [1.165, 1.54) is 17.1 Å². The van der Waals surface area contributed by atoms with Gasteiger partial charge in [0.2, 0.25) is 0 Å². The van der Waals surface area contributed by atoms with Gasteiger partial charge in [0.05, 0.1) is 16.7 Å². The van der Waals surface area contributed by atoms with Crippen molar-refractivity contribution in [3.63, 3.8) is 0 Å². The minimum Gasteiger partial charge on any atom is -0.326 e. The van der Waals surface area contributed by atoms with Crippen molar-refractivity contribution in [1.82, 2.24) is 0 Å². The molecule has 1 aliphatic carbocycles. The molecule has 0 unspecified atom stereocenters. The highest BCUT2D eigenvalue weighted by Gasteiger charge is 2.29. The average molecular weight is 504 g/mol. The topological polar surface area (TPSA) is 0 Å². The molecule has 0 heterocycles. The van der Waals surface area contributed by atoms with Crippen molar-refractivity contribution in [2.45, 2.75) is 54.3 Å². The fourth-order valence-electron chi connectivity index (χ4n) is 2.74. The second-order valence-corrected chi connectivity index (χ2v) is 15.6. The zero-order valence-electron chi connectivity index (χ0n) is 17.6. The molecule has 1 aromatic rings. The van der Waals surface area contributed by atoms with Crippen molar-refractivity contribution in [2.75, 3.05) is 0 Å². The largest absolute Gasteiger partial charge is 0.326 e. The van der Waals surface area contributed by atoms with E-state index in [0.717, 1.165) is 25.0 Å². The second kappa shape index (κ2) is 8.19. The summed E-state index contributed by atoms with van der Waals surface area (Å²) in [5, 5.41) is 2.06. The molecule has 0 aromatic heterocycles. The standard InChI is InChI=1S/C24H28Br2Si/c1-16-11-19(24(3,4)5)12-17(2)20(16)15-21-22(25)13-18(14-23(21)26)9-10-27(6,7)8/h11-14H,1-8H3. The van der Waals surface area contributed by atoms with E-state index < -0.39 is 8.07 Å². The van der Waals surface area contributed by atoms with Crippen LogP contribution in [0.25, 0.3) is 11.5 Å². The van der Waals surface area contributed by atoms with Crippen molar-refractivity contribution >= 4 is 51.4 Å². The fourth-order valence-corrected chi connectivity index (χ4v) is 4.65. The molecule has 142 valence electrons. The third-order valence-corrected chi connectivity index (χ3v) is 6.40. The summed E-state index contributed by atoms with van der Waals surface area (Å²) in [5.41, 5.74) is 14.3. The molecule has 0 nitrogen and oxygen atoms in total. The maximum absolute atomic E-state index is 3.72. The van der Waals surface area contributed by atoms with Crippen LogP contribution in [-0.4, -0.2) is 8.07 Å². The normalized spacial score (nSPS) is 15.0. The molecule has 0 radical (unpaired) electrons. The summed E-state index contributed by atoms with van der Waals surface area (Å²) in [6, 6.07) is 4.18. The molecule has 1 aromatic carbocycles. The van der Waals surface area contributed by atoms with Crippen LogP contribution in [0.1, 0.15) is 34.6 Å². The Kier molecular flexibility index (Phi) is 6.78. The first-order valence-electron chi connectivity index (χ1n) is 9.19. The molecule has 0 spiro atoms. The van der Waals surface area contributed by atoms with E-state index >= 15 is 0 Å². The molecular formula is C24H28Br2Si. The first-order chi connectivity index (χ1) is 12.3. The van der Waals surface area contributed by atoms with Gasteiger partial charge in [-0.1, -0.05) is 51.5 Å². The quantitative estimate of drug-likeness (QED) is 0.297. The highest BCUT2D eigenvalue weighted by atomic mass is 79.9. The average Bonchev–Trinajstić information content (AvgIpc) is 2.49. The predicted molar refractivity (Wildman–Crippen MR) is 128 cm³/mol. The summed E-state index contributed by atoms with van der Waals surface area (Å²) < 4.78 is 2.02. The zero-order chi connectivity index (χ0) is 20.6. The molecule has 0 aliphatic heterocycles. The summed E-state index contributed by atoms with van der Waals surface area (Å²) in [6.07, 6.45) is 4.57. The van der Waals surface area contributed by atoms with Crippen LogP contribution in [0.2, 0.25) is 19.6 Å². The maximum Gasteiger partial charge on any atom is 0.153 e. The second-order valence-electron chi connectivity index (χ2n) is 9.17. The maximum atomic E-state index is 3.72. The molecule has 0 bridgehead atoms. The molecule has 3 heteroatoms. The molecule has 0 saturated heterocycles. The van der Waals surface area contributed by atoms with Gasteiger partial charge in [-0.2, -0.15) is 0 Å². The number of halogens is 2. The lowest BCUT2D eigenvalue weighted by atomic mass is 9.77.